The van der Waals surface area contributed by atoms with Gasteiger partial charge >= 0.3 is 0 Å². The highest BCUT2D eigenvalue weighted by atomic mass is 35.5. The van der Waals surface area contributed by atoms with Crippen LogP contribution < -0.4 is 27.0 Å². The van der Waals surface area contributed by atoms with Crippen molar-refractivity contribution in [2.24, 2.45) is 5.73 Å². The highest BCUT2D eigenvalue weighted by Crippen LogP contribution is 2.39. The van der Waals surface area contributed by atoms with Gasteiger partial charge in [-0.2, -0.15) is 5.10 Å². The van der Waals surface area contributed by atoms with E-state index in [1.807, 2.05) is 12.1 Å². The Hall–Kier alpha value is -7.30. The number of nitrogens with zero attached hydrogens (tertiary/aromatic N) is 2. The Morgan fingerprint density at radius 2 is 1.54 bits per heavy atom. The Kier molecular flexibility index (Phi) is 15.5. The van der Waals surface area contributed by atoms with Crippen molar-refractivity contribution < 1.29 is 39.0 Å². The molecule has 4 aromatic carbocycles. The molecule has 4 bridgehead atoms. The molecule has 5 amide bonds. The van der Waals surface area contributed by atoms with Gasteiger partial charge in [-0.3, -0.25) is 33.9 Å². The number of nitrogens with two attached hydrogens (primary N) is 1. The van der Waals surface area contributed by atoms with Crippen LogP contribution >= 0.6 is 11.6 Å². The molecule has 16 nitrogen and oxygen atoms in total. The van der Waals surface area contributed by atoms with E-state index in [0.717, 1.165) is 16.0 Å². The second-order valence-electron chi connectivity index (χ2n) is 15.8. The van der Waals surface area contributed by atoms with E-state index >= 15 is 0 Å². The van der Waals surface area contributed by atoms with Crippen LogP contribution in [0.1, 0.15) is 66.3 Å². The summed E-state index contributed by atoms with van der Waals surface area (Å²) >= 11 is 6.05. The lowest BCUT2D eigenvalue weighted by molar-refractivity contribution is -0.141. The summed E-state index contributed by atoms with van der Waals surface area (Å²) in [6.07, 6.45) is 5.43. The number of phenols is 2. The molecule has 0 saturated carbocycles. The molecule has 65 heavy (non-hydrogen) atoms. The van der Waals surface area contributed by atoms with Gasteiger partial charge in [0, 0.05) is 41.4 Å². The molecule has 0 saturated heterocycles. The van der Waals surface area contributed by atoms with E-state index in [4.69, 9.17) is 17.3 Å². The first kappa shape index (κ1) is 47.2. The van der Waals surface area contributed by atoms with Crippen LogP contribution in [-0.2, 0) is 30.4 Å². The number of rotatable bonds is 14. The van der Waals surface area contributed by atoms with Crippen LogP contribution in [0.5, 0.6) is 11.5 Å². The number of aromatic hydroxyl groups is 2. The maximum Gasteiger partial charge on any atom is 0.251 e. The summed E-state index contributed by atoms with van der Waals surface area (Å²) in [7, 11) is 1.39. The highest BCUT2D eigenvalue weighted by Gasteiger charge is 2.36. The summed E-state index contributed by atoms with van der Waals surface area (Å²) in [6, 6.07) is 18.3. The molecule has 9 N–H and O–H groups in total. The van der Waals surface area contributed by atoms with Gasteiger partial charge in [0.2, 0.25) is 23.6 Å². The van der Waals surface area contributed by atoms with E-state index in [1.54, 1.807) is 54.7 Å². The minimum atomic E-state index is -1.45. The van der Waals surface area contributed by atoms with Crippen LogP contribution in [0.15, 0.2) is 103 Å². The molecular formula is C48H51ClN8O8. The second-order valence-corrected chi connectivity index (χ2v) is 16.3. The average Bonchev–Trinajstić information content (AvgIpc) is 3.82. The van der Waals surface area contributed by atoms with Crippen LogP contribution in [0.25, 0.3) is 28.3 Å². The molecule has 17 heteroatoms. The number of H-pyrrole nitrogens is 1. The lowest BCUT2D eigenvalue weighted by Crippen LogP contribution is -2.56. The second kappa shape index (κ2) is 21.4. The maximum atomic E-state index is 14.6. The molecule has 338 valence electrons. The van der Waals surface area contributed by atoms with Crippen LogP contribution in [-0.4, -0.2) is 98.4 Å². The summed E-state index contributed by atoms with van der Waals surface area (Å²) in [4.78, 5) is 84.5. The Morgan fingerprint density at radius 3 is 2.20 bits per heavy atom. The molecule has 6 rings (SSSR count). The molecular weight excluding hydrogens is 852 g/mol. The first-order valence-electron chi connectivity index (χ1n) is 21.0. The minimum absolute atomic E-state index is 0.105. The lowest BCUT2D eigenvalue weighted by Gasteiger charge is -2.32. The number of fused-ring (bicyclic) bond motifs is 5. The zero-order chi connectivity index (χ0) is 46.8. The standard InChI is InChI=1S/C48H51ClN8O8/c1-27(40(58)20-17-35-21-23-51-56-35)52-46(63)39-25-29-7-18-41(59)36(24-29)37-26-33(14-19-42(37)60)43(47(64)53-28(2)44(61)55-39)57(3)48(65)38(6-4-5-22-50)54-45(62)32-10-8-30(9-11-32)31-12-15-34(49)16-13-31/h7-21,23-24,26-28,38-39,43,59-60H,4-6,22,25,50H2,1-3H3,(H,51,56)(H,52,63)(H,53,64)(H,54,62)(H,55,61)/b20-17+/t27-,28-,38-,39-,43-/m0/s1. The smallest absolute Gasteiger partial charge is 0.251 e. The summed E-state index contributed by atoms with van der Waals surface area (Å²) in [5.41, 5.74) is 9.24. The Bertz CT molecular complexity index is 2560. The molecule has 1 aliphatic heterocycles. The SMILES string of the molecule is C[C@H](NC(=O)[C@@H]1Cc2ccc(O)c(c2)-c2cc(ccc2O)[C@H](N(C)C(=O)[C@H](CCCCN)NC(=O)c2ccc(-c3ccc(Cl)cc3)cc2)C(=O)N[C@@H](C)C(=O)N1)C(=O)/C=C/c1cc[nH]n1. The van der Waals surface area contributed by atoms with Gasteiger partial charge in [0.15, 0.2) is 5.78 Å². The number of amides is 5. The number of unbranched alkanes of at least 4 members (excludes halogenated alkanes) is 1. The first-order valence-corrected chi connectivity index (χ1v) is 21.4. The van der Waals surface area contributed by atoms with E-state index in [0.29, 0.717) is 35.7 Å². The molecule has 0 spiro atoms. The largest absolute Gasteiger partial charge is 0.507 e. The van der Waals surface area contributed by atoms with E-state index in [2.05, 4.69) is 31.5 Å². The number of hydrogen-bond donors (Lipinski definition) is 8. The molecule has 0 aliphatic carbocycles. The number of carbonyl (C=O) groups is 6. The average molecular weight is 903 g/mol. The minimum Gasteiger partial charge on any atom is -0.507 e. The third-order valence-corrected chi connectivity index (χ3v) is 11.3. The van der Waals surface area contributed by atoms with Gasteiger partial charge in [-0.25, -0.2) is 0 Å². The van der Waals surface area contributed by atoms with E-state index in [-0.39, 0.29) is 46.6 Å². The van der Waals surface area contributed by atoms with Gasteiger partial charge in [0.1, 0.15) is 35.7 Å². The van der Waals surface area contributed by atoms with Crippen molar-refractivity contribution >= 4 is 53.0 Å². The molecule has 5 aromatic rings. The molecule has 1 aliphatic rings. The fourth-order valence-corrected chi connectivity index (χ4v) is 7.52. The fourth-order valence-electron chi connectivity index (χ4n) is 7.40. The monoisotopic (exact) mass is 902 g/mol. The van der Waals surface area contributed by atoms with E-state index < -0.39 is 65.5 Å². The number of phenolic OH excluding ortho intramolecular Hbond substituents is 2. The number of halogens is 1. The van der Waals surface area contributed by atoms with Crippen LogP contribution in [0.3, 0.4) is 0 Å². The summed E-state index contributed by atoms with van der Waals surface area (Å²) in [5.74, 6) is -4.37. The number of aromatic amines is 1. The number of aromatic nitrogens is 2. The van der Waals surface area contributed by atoms with Crippen molar-refractivity contribution in [2.75, 3.05) is 13.6 Å². The number of likely N-dealkylation sites (N-methyl/N-ethyl adjacent to an activating group) is 1. The van der Waals surface area contributed by atoms with E-state index in [9.17, 15) is 39.0 Å². The normalized spacial score (nSPS) is 17.2. The molecule has 1 aromatic heterocycles. The maximum absolute atomic E-state index is 14.6. The third kappa shape index (κ3) is 11.8. The predicted molar refractivity (Wildman–Crippen MR) is 245 cm³/mol. The van der Waals surface area contributed by atoms with Crippen molar-refractivity contribution in [3.63, 3.8) is 0 Å². The number of benzene rings is 4. The summed E-state index contributed by atoms with van der Waals surface area (Å²) in [6.45, 7) is 3.24. The molecule has 0 radical (unpaired) electrons. The molecule has 5 atom stereocenters. The fraction of sp³-hybridized carbons (Fsp3) is 0.271. The van der Waals surface area contributed by atoms with Gasteiger partial charge in [0.05, 0.1) is 11.7 Å². The van der Waals surface area contributed by atoms with Crippen molar-refractivity contribution in [2.45, 2.75) is 69.7 Å². The van der Waals surface area contributed by atoms with Crippen LogP contribution in [0, 0.1) is 0 Å². The zero-order valence-electron chi connectivity index (χ0n) is 36.0. The number of carbonyl (C=O) groups excluding carboxylic acids is 6. The van der Waals surface area contributed by atoms with Crippen molar-refractivity contribution in [1.29, 1.82) is 0 Å². The molecule has 2 heterocycles. The van der Waals surface area contributed by atoms with E-state index in [1.165, 1.54) is 63.4 Å². The highest BCUT2D eigenvalue weighted by molar-refractivity contribution is 6.30. The lowest BCUT2D eigenvalue weighted by atomic mass is 9.93. The first-order chi connectivity index (χ1) is 31.1. The van der Waals surface area contributed by atoms with Gasteiger partial charge in [-0.15, -0.1) is 0 Å². The van der Waals surface area contributed by atoms with Crippen LogP contribution in [0.2, 0.25) is 5.02 Å². The van der Waals surface area contributed by atoms with Gasteiger partial charge < -0.3 is 42.1 Å². The summed E-state index contributed by atoms with van der Waals surface area (Å²) < 4.78 is 0. The Balaban J connectivity index is 1.29. The Morgan fingerprint density at radius 1 is 0.877 bits per heavy atom. The number of hydrogen-bond acceptors (Lipinski definition) is 10. The van der Waals surface area contributed by atoms with Crippen molar-refractivity contribution in [3.8, 4) is 33.8 Å². The topological polar surface area (TPSA) is 249 Å². The van der Waals surface area contributed by atoms with Crippen molar-refractivity contribution in [1.82, 2.24) is 36.4 Å². The predicted octanol–water partition coefficient (Wildman–Crippen LogP) is 4.57. The quantitative estimate of drug-likeness (QED) is 0.0570. The third-order valence-electron chi connectivity index (χ3n) is 11.1. The molecule has 0 fully saturated rings. The summed E-state index contributed by atoms with van der Waals surface area (Å²) in [5, 5.41) is 40.3. The van der Waals surface area contributed by atoms with Gasteiger partial charge in [-0.05, 0) is 129 Å². The molecule has 0 unspecified atom stereocenters. The number of nitrogens with one attached hydrogen (secondary N) is 5. The van der Waals surface area contributed by atoms with Crippen LogP contribution in [0.4, 0.5) is 0 Å². The zero-order valence-corrected chi connectivity index (χ0v) is 36.8. The van der Waals surface area contributed by atoms with Gasteiger partial charge in [0.25, 0.3) is 5.91 Å². The van der Waals surface area contributed by atoms with Gasteiger partial charge in [-0.1, -0.05) is 48.0 Å². The number of ketones is 1. The van der Waals surface area contributed by atoms with Crippen molar-refractivity contribution in [3.05, 3.63) is 131 Å². The Labute approximate surface area is 380 Å².